The van der Waals surface area contributed by atoms with Gasteiger partial charge in [0, 0.05) is 12.1 Å². The van der Waals surface area contributed by atoms with Crippen molar-refractivity contribution >= 4 is 8.56 Å². The largest absolute Gasteiger partial charge is 0.411 e. The first-order valence-corrected chi connectivity index (χ1v) is 9.18. The number of rotatable bonds is 10. The lowest BCUT2D eigenvalue weighted by Gasteiger charge is -2.21. The van der Waals surface area contributed by atoms with Gasteiger partial charge in [0.05, 0.1) is 0 Å². The predicted molar refractivity (Wildman–Crippen MR) is 74.8 cm³/mol. The van der Waals surface area contributed by atoms with Crippen molar-refractivity contribution in [1.29, 1.82) is 0 Å². The Hall–Kier alpha value is 0.0569. The molecule has 104 valence electrons. The minimum atomic E-state index is -3.05. The highest BCUT2D eigenvalue weighted by Crippen LogP contribution is 2.17. The maximum absolute atomic E-state index is 9.93. The lowest BCUT2D eigenvalue weighted by molar-refractivity contribution is 0.345. The van der Waals surface area contributed by atoms with Crippen LogP contribution in [0, 0.1) is 0 Å². The Bertz CT molecular complexity index is 173. The minimum absolute atomic E-state index is 0.107. The zero-order valence-electron chi connectivity index (χ0n) is 11.4. The molecule has 0 aliphatic carbocycles. The second kappa shape index (κ2) is 9.05. The van der Waals surface area contributed by atoms with Gasteiger partial charge in [0.25, 0.3) is 0 Å². The molecule has 2 atom stereocenters. The van der Waals surface area contributed by atoms with Crippen molar-refractivity contribution in [3.8, 4) is 0 Å². The first-order chi connectivity index (χ1) is 7.91. The molecular formula is C12H30N2O2Si. The molecule has 0 rings (SSSR count). The minimum Gasteiger partial charge on any atom is -0.411 e. The highest BCUT2D eigenvalue weighted by atomic mass is 28.4. The summed E-state index contributed by atoms with van der Waals surface area (Å²) in [6.07, 6.45) is 5.45. The third-order valence-corrected chi connectivity index (χ3v) is 5.33. The van der Waals surface area contributed by atoms with E-state index in [1.807, 2.05) is 0 Å². The van der Waals surface area contributed by atoms with Crippen LogP contribution in [-0.4, -0.2) is 30.2 Å². The molecule has 0 aliphatic rings. The molecule has 0 radical (unpaired) electrons. The highest BCUT2D eigenvalue weighted by molar-refractivity contribution is 6.64. The summed E-state index contributed by atoms with van der Waals surface area (Å²) < 4.78 is 0. The van der Waals surface area contributed by atoms with Crippen molar-refractivity contribution in [2.24, 2.45) is 11.5 Å². The summed E-state index contributed by atoms with van der Waals surface area (Å²) in [7, 11) is -3.05. The summed E-state index contributed by atoms with van der Waals surface area (Å²) in [4.78, 5) is 19.9. The molecule has 0 aromatic carbocycles. The smallest absolute Gasteiger partial charge is 0.332 e. The van der Waals surface area contributed by atoms with Gasteiger partial charge in [0.15, 0.2) is 0 Å². The fourth-order valence-corrected chi connectivity index (χ4v) is 3.90. The van der Waals surface area contributed by atoms with Gasteiger partial charge in [0.1, 0.15) is 0 Å². The zero-order chi connectivity index (χ0) is 13.3. The SMILES string of the molecule is CCCC(N)CC[Si](O)(O)CCC(N)CCC. The van der Waals surface area contributed by atoms with E-state index in [9.17, 15) is 9.59 Å². The van der Waals surface area contributed by atoms with Gasteiger partial charge in [-0.1, -0.05) is 26.7 Å². The molecule has 5 heteroatoms. The molecule has 6 N–H and O–H groups in total. The normalized spacial score (nSPS) is 15.9. The molecule has 0 amide bonds. The predicted octanol–water partition coefficient (Wildman–Crippen LogP) is 1.45. The molecule has 0 bridgehead atoms. The van der Waals surface area contributed by atoms with E-state index in [0.717, 1.165) is 38.5 Å². The van der Waals surface area contributed by atoms with Crippen LogP contribution >= 0.6 is 0 Å². The molecule has 2 unspecified atom stereocenters. The summed E-state index contributed by atoms with van der Waals surface area (Å²) >= 11 is 0. The Morgan fingerprint density at radius 1 is 0.824 bits per heavy atom. The first kappa shape index (κ1) is 17.1. The van der Waals surface area contributed by atoms with E-state index in [1.165, 1.54) is 0 Å². The molecule has 0 spiro atoms. The highest BCUT2D eigenvalue weighted by Gasteiger charge is 2.29. The average molecular weight is 262 g/mol. The fraction of sp³-hybridized carbons (Fsp3) is 1.00. The van der Waals surface area contributed by atoms with E-state index in [4.69, 9.17) is 11.5 Å². The van der Waals surface area contributed by atoms with E-state index in [-0.39, 0.29) is 12.1 Å². The lowest BCUT2D eigenvalue weighted by atomic mass is 10.1. The number of nitrogens with two attached hydrogens (primary N) is 2. The van der Waals surface area contributed by atoms with E-state index in [2.05, 4.69) is 13.8 Å². The maximum atomic E-state index is 9.93. The molecular weight excluding hydrogens is 232 g/mol. The van der Waals surface area contributed by atoms with Gasteiger partial charge in [-0.2, -0.15) is 0 Å². The Morgan fingerprint density at radius 2 is 1.18 bits per heavy atom. The van der Waals surface area contributed by atoms with E-state index >= 15 is 0 Å². The second-order valence-corrected chi connectivity index (χ2v) is 8.12. The monoisotopic (exact) mass is 262 g/mol. The molecule has 0 saturated carbocycles. The van der Waals surface area contributed by atoms with Crippen LogP contribution in [0.3, 0.4) is 0 Å². The van der Waals surface area contributed by atoms with Crippen molar-refractivity contribution in [2.75, 3.05) is 0 Å². The van der Waals surface area contributed by atoms with Crippen LogP contribution in [0.4, 0.5) is 0 Å². The van der Waals surface area contributed by atoms with Gasteiger partial charge in [0.2, 0.25) is 0 Å². The molecule has 0 heterocycles. The summed E-state index contributed by atoms with van der Waals surface area (Å²) in [5.41, 5.74) is 11.7. The van der Waals surface area contributed by atoms with Crippen LogP contribution in [0.2, 0.25) is 12.1 Å². The summed E-state index contributed by atoms with van der Waals surface area (Å²) in [5, 5.41) is 0. The van der Waals surface area contributed by atoms with E-state index in [1.54, 1.807) is 0 Å². The zero-order valence-corrected chi connectivity index (χ0v) is 12.4. The van der Waals surface area contributed by atoms with Crippen LogP contribution in [-0.2, 0) is 0 Å². The van der Waals surface area contributed by atoms with Gasteiger partial charge in [-0.3, -0.25) is 0 Å². The second-order valence-electron chi connectivity index (χ2n) is 5.16. The van der Waals surface area contributed by atoms with Crippen molar-refractivity contribution in [3.05, 3.63) is 0 Å². The van der Waals surface area contributed by atoms with Gasteiger partial charge in [-0.05, 0) is 37.8 Å². The molecule has 0 aromatic rings. The topological polar surface area (TPSA) is 92.5 Å². The van der Waals surface area contributed by atoms with Crippen LogP contribution in [0.25, 0.3) is 0 Å². The fourth-order valence-electron chi connectivity index (χ4n) is 1.99. The molecule has 0 aromatic heterocycles. The molecule has 4 nitrogen and oxygen atoms in total. The molecule has 17 heavy (non-hydrogen) atoms. The van der Waals surface area contributed by atoms with Crippen LogP contribution in [0.1, 0.15) is 52.4 Å². The Morgan fingerprint density at radius 3 is 1.47 bits per heavy atom. The number of hydrogen-bond donors (Lipinski definition) is 4. The third kappa shape index (κ3) is 9.73. The van der Waals surface area contributed by atoms with Crippen molar-refractivity contribution in [3.63, 3.8) is 0 Å². The van der Waals surface area contributed by atoms with Crippen LogP contribution in [0.15, 0.2) is 0 Å². The van der Waals surface area contributed by atoms with Crippen molar-refractivity contribution in [1.82, 2.24) is 0 Å². The van der Waals surface area contributed by atoms with Gasteiger partial charge < -0.3 is 21.1 Å². The number of hydrogen-bond acceptors (Lipinski definition) is 4. The summed E-state index contributed by atoms with van der Waals surface area (Å²) in [6.45, 7) is 4.18. The van der Waals surface area contributed by atoms with E-state index in [0.29, 0.717) is 12.1 Å². The molecule has 0 fully saturated rings. The van der Waals surface area contributed by atoms with Crippen LogP contribution < -0.4 is 11.5 Å². The average Bonchev–Trinajstić information content (AvgIpc) is 2.25. The summed E-state index contributed by atoms with van der Waals surface area (Å²) in [6, 6.07) is 1.17. The van der Waals surface area contributed by atoms with Gasteiger partial charge in [-0.25, -0.2) is 0 Å². The Balaban J connectivity index is 3.78. The Labute approximate surface area is 107 Å². The van der Waals surface area contributed by atoms with E-state index < -0.39 is 8.56 Å². The molecule has 0 aliphatic heterocycles. The third-order valence-electron chi connectivity index (χ3n) is 3.15. The van der Waals surface area contributed by atoms with Gasteiger partial charge >= 0.3 is 8.56 Å². The maximum Gasteiger partial charge on any atom is 0.332 e. The van der Waals surface area contributed by atoms with Gasteiger partial charge in [-0.15, -0.1) is 0 Å². The van der Waals surface area contributed by atoms with Crippen molar-refractivity contribution < 1.29 is 9.59 Å². The Kier molecular flexibility index (Phi) is 9.08. The first-order valence-electron chi connectivity index (χ1n) is 6.87. The summed E-state index contributed by atoms with van der Waals surface area (Å²) in [5.74, 6) is 0. The quantitative estimate of drug-likeness (QED) is 0.448. The van der Waals surface area contributed by atoms with Crippen LogP contribution in [0.5, 0.6) is 0 Å². The van der Waals surface area contributed by atoms with Crippen molar-refractivity contribution in [2.45, 2.75) is 76.5 Å². The standard InChI is InChI=1S/C12H30N2O2Si/c1-3-5-11(13)7-9-17(15,16)10-8-12(14)6-4-2/h11-12,15-16H,3-10,13-14H2,1-2H3. The lowest BCUT2D eigenvalue weighted by Crippen LogP contribution is -2.38. The molecule has 0 saturated heterocycles.